The fraction of sp³-hybridized carbons (Fsp3) is 0.444. The van der Waals surface area contributed by atoms with Crippen LogP contribution in [0.2, 0.25) is 18.1 Å². The Kier molecular flexibility index (Phi) is 10.6. The summed E-state index contributed by atoms with van der Waals surface area (Å²) in [4.78, 5) is 35.2. The second-order valence-electron chi connectivity index (χ2n) is 17.8. The number of ether oxygens (including phenoxy) is 2. The summed E-state index contributed by atoms with van der Waals surface area (Å²) in [5.41, 5.74) is 1.23. The van der Waals surface area contributed by atoms with E-state index in [0.29, 0.717) is 29.2 Å². The zero-order valence-corrected chi connectivity index (χ0v) is 35.7. The van der Waals surface area contributed by atoms with E-state index in [1.54, 1.807) is 6.92 Å². The molecule has 0 saturated heterocycles. The largest absolute Gasteiger partial charge is 0.507 e. The number of ketones is 2. The van der Waals surface area contributed by atoms with Crippen LogP contribution < -0.4 is 9.47 Å². The van der Waals surface area contributed by atoms with Crippen molar-refractivity contribution >= 4 is 25.6 Å². The molecule has 12 heteroatoms. The number of hydrogen-bond acceptors (Lipinski definition) is 10. The maximum Gasteiger partial charge on any atom is 0.265 e. The summed E-state index contributed by atoms with van der Waals surface area (Å²) in [6.07, 6.45) is 0.342. The van der Waals surface area contributed by atoms with Crippen molar-refractivity contribution in [3.63, 3.8) is 0 Å². The number of rotatable bonds is 11. The minimum absolute atomic E-state index is 0.0211. The predicted molar refractivity (Wildman–Crippen MR) is 218 cm³/mol. The Labute approximate surface area is 335 Å². The maximum atomic E-state index is 17.0. The second-order valence-corrected chi connectivity index (χ2v) is 22.5. The van der Waals surface area contributed by atoms with Crippen molar-refractivity contribution in [1.82, 2.24) is 15.0 Å². The molecule has 3 aromatic carbocycles. The number of aliphatic hydroxyl groups excluding tert-OH is 1. The first-order valence-electron chi connectivity index (χ1n) is 19.6. The molecule has 1 N–H and O–H groups in total. The van der Waals surface area contributed by atoms with E-state index in [9.17, 15) is 5.11 Å². The third kappa shape index (κ3) is 6.83. The van der Waals surface area contributed by atoms with E-state index in [4.69, 9.17) is 18.4 Å². The third-order valence-electron chi connectivity index (χ3n) is 12.4. The Morgan fingerprint density at radius 3 is 2.09 bits per heavy atom. The molecule has 0 radical (unpaired) electrons. The maximum absolute atomic E-state index is 17.0. The van der Waals surface area contributed by atoms with Gasteiger partial charge in [-0.15, -0.1) is 0 Å². The highest BCUT2D eigenvalue weighted by Crippen LogP contribution is 2.59. The Balaban J connectivity index is 1.44. The highest BCUT2D eigenvalue weighted by Gasteiger charge is 2.69. The van der Waals surface area contributed by atoms with Crippen LogP contribution in [0.25, 0.3) is 5.76 Å². The summed E-state index contributed by atoms with van der Waals surface area (Å²) in [7, 11) is 4.53. The molecule has 3 aliphatic carbocycles. The van der Waals surface area contributed by atoms with Gasteiger partial charge in [0.15, 0.2) is 19.7 Å². The molecule has 302 valence electrons. The number of carbonyl (C=O) groups excluding carboxylic acids is 2. The minimum Gasteiger partial charge on any atom is -0.507 e. The van der Waals surface area contributed by atoms with Gasteiger partial charge in [0.05, 0.1) is 11.6 Å². The molecule has 1 saturated carbocycles. The summed E-state index contributed by atoms with van der Waals surface area (Å²) in [6.45, 7) is 12.5. The van der Waals surface area contributed by atoms with Crippen molar-refractivity contribution in [2.75, 3.05) is 28.2 Å². The van der Waals surface area contributed by atoms with Gasteiger partial charge in [0, 0.05) is 29.2 Å². The van der Waals surface area contributed by atoms with E-state index in [-0.39, 0.29) is 60.0 Å². The van der Waals surface area contributed by atoms with Crippen LogP contribution in [0.3, 0.4) is 0 Å². The first-order chi connectivity index (χ1) is 26.9. The van der Waals surface area contributed by atoms with Gasteiger partial charge < -0.3 is 28.4 Å². The fourth-order valence-electron chi connectivity index (χ4n) is 8.62. The number of aliphatic hydroxyl groups is 1. The number of aromatic nitrogens is 1. The molecule has 10 nitrogen and oxygen atoms in total. The summed E-state index contributed by atoms with van der Waals surface area (Å²) in [6, 6.07) is 18.5. The Bertz CT molecular complexity index is 2230. The highest BCUT2D eigenvalue weighted by atomic mass is 28.4. The lowest BCUT2D eigenvalue weighted by Crippen LogP contribution is -2.68. The molecule has 57 heavy (non-hydrogen) atoms. The number of Topliss-reactive ketones (excluding diaryl/α,β-unsaturated/α-hetero) is 2. The third-order valence-corrected chi connectivity index (χ3v) is 16.9. The molecule has 0 bridgehead atoms. The Morgan fingerprint density at radius 2 is 1.53 bits per heavy atom. The topological polar surface area (TPSA) is 115 Å². The van der Waals surface area contributed by atoms with Crippen molar-refractivity contribution in [3.8, 4) is 11.6 Å². The molecule has 7 rings (SSSR count). The van der Waals surface area contributed by atoms with Crippen molar-refractivity contribution in [3.05, 3.63) is 117 Å². The molecule has 0 unspecified atom stereocenters. The van der Waals surface area contributed by atoms with Crippen LogP contribution in [-0.2, 0) is 35.4 Å². The van der Waals surface area contributed by atoms with Crippen LogP contribution in [0.15, 0.2) is 70.8 Å². The van der Waals surface area contributed by atoms with E-state index in [1.807, 2.05) is 112 Å². The normalized spacial score (nSPS) is 22.0. The molecule has 3 aliphatic rings. The fourth-order valence-corrected chi connectivity index (χ4v) is 10.1. The smallest absolute Gasteiger partial charge is 0.265 e. The molecule has 0 spiro atoms. The SMILES string of the molecule is Cc1c(CN(C)C)c(F)c2c(c1OCc1ccccc1)C(O)=C1C(=O)[C@]3(O[Si](C)(C)C(C)(C)C)C(=O)c4c(OCc5ccccc5)noc4[C@@H](N(C)C)[C@@H]3C[C@@H]1C2. The number of fused-ring (bicyclic) bond motifs is 4. The Morgan fingerprint density at radius 1 is 0.930 bits per heavy atom. The van der Waals surface area contributed by atoms with Crippen LogP contribution in [0, 0.1) is 24.6 Å². The summed E-state index contributed by atoms with van der Waals surface area (Å²) >= 11 is 0. The van der Waals surface area contributed by atoms with E-state index in [2.05, 4.69) is 25.9 Å². The minimum atomic E-state index is -2.95. The number of carbonyl (C=O) groups is 2. The first-order valence-corrected chi connectivity index (χ1v) is 22.5. The molecule has 0 amide bonds. The highest BCUT2D eigenvalue weighted by molar-refractivity contribution is 6.74. The predicted octanol–water partition coefficient (Wildman–Crippen LogP) is 8.63. The monoisotopic (exact) mass is 795 g/mol. The van der Waals surface area contributed by atoms with Crippen molar-refractivity contribution in [1.29, 1.82) is 0 Å². The van der Waals surface area contributed by atoms with Gasteiger partial charge in [-0.05, 0) is 93.9 Å². The van der Waals surface area contributed by atoms with Gasteiger partial charge in [-0.1, -0.05) is 81.4 Å². The average molecular weight is 796 g/mol. The zero-order chi connectivity index (χ0) is 41.2. The Hall–Kier alpha value is -4.62. The number of nitrogens with zero attached hydrogens (tertiary/aromatic N) is 3. The molecular weight excluding hydrogens is 742 g/mol. The number of hydrogen-bond donors (Lipinski definition) is 1. The number of benzene rings is 3. The van der Waals surface area contributed by atoms with Crippen molar-refractivity contribution in [2.24, 2.45) is 11.8 Å². The van der Waals surface area contributed by atoms with Gasteiger partial charge in [0.2, 0.25) is 11.6 Å². The first kappa shape index (κ1) is 40.6. The van der Waals surface area contributed by atoms with Crippen molar-refractivity contribution < 1.29 is 37.5 Å². The van der Waals surface area contributed by atoms with Gasteiger partial charge in [-0.2, -0.15) is 0 Å². The van der Waals surface area contributed by atoms with Crippen LogP contribution in [0.4, 0.5) is 4.39 Å². The van der Waals surface area contributed by atoms with Crippen LogP contribution >= 0.6 is 0 Å². The lowest BCUT2D eigenvalue weighted by atomic mass is 9.57. The van der Waals surface area contributed by atoms with Gasteiger partial charge in [-0.3, -0.25) is 14.5 Å². The molecule has 1 heterocycles. The molecule has 0 aliphatic heterocycles. The lowest BCUT2D eigenvalue weighted by molar-refractivity contribution is -0.140. The zero-order valence-electron chi connectivity index (χ0n) is 34.7. The molecular formula is C45H54FN3O7Si. The van der Waals surface area contributed by atoms with Gasteiger partial charge >= 0.3 is 0 Å². The van der Waals surface area contributed by atoms with Crippen LogP contribution in [-0.4, -0.2) is 73.7 Å². The quantitative estimate of drug-likeness (QED) is 0.117. The van der Waals surface area contributed by atoms with E-state index in [1.165, 1.54) is 0 Å². The second kappa shape index (κ2) is 15.0. The number of halogens is 1. The summed E-state index contributed by atoms with van der Waals surface area (Å²) in [5.74, 6) is -2.86. The standard InChI is InChI=1S/C45H54FN3O7Si/c1-26-31(23-48(5)6)36(46)30-21-29-22-32-37(49(7)8)40-35(43(47-55-40)54-25-28-19-15-12-16-20-28)42(52)45(32,56-57(9,10)44(2,3)4)41(51)33(29)38(50)34(30)39(26)53-24-27-17-13-11-14-18-27/h11-20,29,32,37,50H,21-25H2,1-10H3/t29-,32-,37-,45-/m0/s1. The van der Waals surface area contributed by atoms with Gasteiger partial charge in [0.1, 0.15) is 36.1 Å². The van der Waals surface area contributed by atoms with Gasteiger partial charge in [-0.25, -0.2) is 4.39 Å². The summed E-state index contributed by atoms with van der Waals surface area (Å²) in [5, 5.41) is 16.4. The van der Waals surface area contributed by atoms with Gasteiger partial charge in [0.25, 0.3) is 5.88 Å². The molecule has 4 aromatic rings. The van der Waals surface area contributed by atoms with E-state index < -0.39 is 54.2 Å². The molecule has 1 aromatic heterocycles. The molecule has 1 fully saturated rings. The average Bonchev–Trinajstić information content (AvgIpc) is 3.57. The van der Waals surface area contributed by atoms with Crippen molar-refractivity contribution in [2.45, 2.75) is 90.1 Å². The van der Waals surface area contributed by atoms with Crippen LogP contribution in [0.5, 0.6) is 11.6 Å². The van der Waals surface area contributed by atoms with E-state index in [0.717, 1.165) is 11.1 Å². The summed E-state index contributed by atoms with van der Waals surface area (Å²) < 4.78 is 42.9. The lowest BCUT2D eigenvalue weighted by Gasteiger charge is -2.55. The van der Waals surface area contributed by atoms with E-state index >= 15 is 14.0 Å². The molecule has 4 atom stereocenters. The van der Waals surface area contributed by atoms with Crippen LogP contribution in [0.1, 0.15) is 82.7 Å².